The highest BCUT2D eigenvalue weighted by molar-refractivity contribution is 5.92. The fraction of sp³-hybridized carbons (Fsp3) is 0.0667. The molecule has 2 N–H and O–H groups in total. The van der Waals surface area contributed by atoms with Crippen LogP contribution < -0.4 is 15.5 Å². The van der Waals surface area contributed by atoms with Crippen molar-refractivity contribution < 1.29 is 19.1 Å². The van der Waals surface area contributed by atoms with Crippen molar-refractivity contribution in [3.8, 4) is 5.75 Å². The van der Waals surface area contributed by atoms with E-state index in [0.717, 1.165) is 11.1 Å². The maximum Gasteiger partial charge on any atom is 0.343 e. The number of carbonyl (C=O) groups is 3. The van der Waals surface area contributed by atoms with Crippen molar-refractivity contribution in [1.82, 2.24) is 10.7 Å². The fourth-order valence-electron chi connectivity index (χ4n) is 3.64. The van der Waals surface area contributed by atoms with E-state index in [4.69, 9.17) is 4.74 Å². The third-order valence-electron chi connectivity index (χ3n) is 5.45. The molecule has 0 saturated heterocycles. The van der Waals surface area contributed by atoms with Gasteiger partial charge in [0.1, 0.15) is 5.75 Å². The Kier molecular flexibility index (Phi) is 8.54. The zero-order chi connectivity index (χ0) is 25.9. The van der Waals surface area contributed by atoms with E-state index >= 15 is 0 Å². The lowest BCUT2D eigenvalue weighted by atomic mass is 9.90. The summed E-state index contributed by atoms with van der Waals surface area (Å²) in [4.78, 5) is 37.4. The van der Waals surface area contributed by atoms with Crippen LogP contribution in [0.4, 0.5) is 0 Å². The van der Waals surface area contributed by atoms with Crippen molar-refractivity contribution in [2.45, 2.75) is 5.92 Å². The first-order valence-corrected chi connectivity index (χ1v) is 11.7. The molecule has 0 saturated carbocycles. The number of hydrazone groups is 1. The zero-order valence-electron chi connectivity index (χ0n) is 19.9. The van der Waals surface area contributed by atoms with Crippen LogP contribution in [-0.4, -0.2) is 30.5 Å². The molecule has 7 nitrogen and oxygen atoms in total. The predicted molar refractivity (Wildman–Crippen MR) is 141 cm³/mol. The van der Waals surface area contributed by atoms with E-state index in [1.165, 1.54) is 6.21 Å². The van der Waals surface area contributed by atoms with Gasteiger partial charge in [-0.15, -0.1) is 0 Å². The van der Waals surface area contributed by atoms with Gasteiger partial charge >= 0.3 is 5.97 Å². The van der Waals surface area contributed by atoms with Crippen molar-refractivity contribution >= 4 is 24.0 Å². The first-order chi connectivity index (χ1) is 18.1. The van der Waals surface area contributed by atoms with Crippen molar-refractivity contribution in [2.75, 3.05) is 6.54 Å². The first kappa shape index (κ1) is 25.1. The van der Waals surface area contributed by atoms with Crippen molar-refractivity contribution in [3.63, 3.8) is 0 Å². The molecule has 4 aromatic carbocycles. The number of ether oxygens (including phenoxy) is 1. The van der Waals surface area contributed by atoms with Gasteiger partial charge in [0.05, 0.1) is 24.2 Å². The molecular formula is C30H25N3O4. The smallest absolute Gasteiger partial charge is 0.343 e. The normalized spacial score (nSPS) is 10.7. The van der Waals surface area contributed by atoms with Crippen molar-refractivity contribution in [2.24, 2.45) is 5.10 Å². The van der Waals surface area contributed by atoms with Gasteiger partial charge in [0.25, 0.3) is 5.91 Å². The van der Waals surface area contributed by atoms with Crippen LogP contribution in [0.2, 0.25) is 0 Å². The van der Waals surface area contributed by atoms with Crippen LogP contribution in [0.5, 0.6) is 5.75 Å². The van der Waals surface area contributed by atoms with Gasteiger partial charge in [-0.25, -0.2) is 10.2 Å². The molecule has 0 atom stereocenters. The van der Waals surface area contributed by atoms with Gasteiger partial charge in [-0.2, -0.15) is 5.10 Å². The SMILES string of the molecule is O=C(CNC(=O)C(c1ccccc1)c1ccccc1)N/N=C\c1ccc(OC(=O)c2ccccc2)cc1. The van der Waals surface area contributed by atoms with Gasteiger partial charge in [0.2, 0.25) is 5.91 Å². The van der Waals surface area contributed by atoms with E-state index in [0.29, 0.717) is 16.9 Å². The lowest BCUT2D eigenvalue weighted by Crippen LogP contribution is -2.37. The minimum absolute atomic E-state index is 0.222. The summed E-state index contributed by atoms with van der Waals surface area (Å²) in [5.41, 5.74) is 5.23. The number of esters is 1. The third kappa shape index (κ3) is 7.22. The van der Waals surface area contributed by atoms with Gasteiger partial charge in [0, 0.05) is 0 Å². The lowest BCUT2D eigenvalue weighted by Gasteiger charge is -2.17. The summed E-state index contributed by atoms with van der Waals surface area (Å²) in [6, 6.07) is 34.2. The largest absolute Gasteiger partial charge is 0.423 e. The Balaban J connectivity index is 1.28. The van der Waals surface area contributed by atoms with E-state index in [1.54, 1.807) is 48.5 Å². The fourth-order valence-corrected chi connectivity index (χ4v) is 3.64. The summed E-state index contributed by atoms with van der Waals surface area (Å²) in [5.74, 6) is -1.33. The Labute approximate surface area is 214 Å². The summed E-state index contributed by atoms with van der Waals surface area (Å²) in [7, 11) is 0. The summed E-state index contributed by atoms with van der Waals surface area (Å²) >= 11 is 0. The monoisotopic (exact) mass is 491 g/mol. The molecule has 184 valence electrons. The third-order valence-corrected chi connectivity index (χ3v) is 5.45. The number of hydrogen-bond acceptors (Lipinski definition) is 5. The van der Waals surface area contributed by atoms with Crippen molar-refractivity contribution in [3.05, 3.63) is 138 Å². The summed E-state index contributed by atoms with van der Waals surface area (Å²) in [6.45, 7) is -0.222. The predicted octanol–water partition coefficient (Wildman–Crippen LogP) is 4.30. The van der Waals surface area contributed by atoms with Gasteiger partial charge in [-0.3, -0.25) is 9.59 Å². The minimum Gasteiger partial charge on any atom is -0.423 e. The van der Waals surface area contributed by atoms with E-state index in [-0.39, 0.29) is 12.5 Å². The number of nitrogens with one attached hydrogen (secondary N) is 2. The van der Waals surface area contributed by atoms with Crippen LogP contribution >= 0.6 is 0 Å². The molecule has 4 aromatic rings. The van der Waals surface area contributed by atoms with E-state index in [1.807, 2.05) is 66.7 Å². The molecule has 0 spiro atoms. The highest BCUT2D eigenvalue weighted by Gasteiger charge is 2.22. The van der Waals surface area contributed by atoms with E-state index < -0.39 is 17.8 Å². The van der Waals surface area contributed by atoms with Crippen molar-refractivity contribution in [1.29, 1.82) is 0 Å². The number of benzene rings is 4. The summed E-state index contributed by atoms with van der Waals surface area (Å²) in [6.07, 6.45) is 1.46. The number of hydrogen-bond donors (Lipinski definition) is 2. The maximum atomic E-state index is 13.0. The number of nitrogens with zero attached hydrogens (tertiary/aromatic N) is 1. The van der Waals surface area contributed by atoms with Crippen LogP contribution in [0, 0.1) is 0 Å². The van der Waals surface area contributed by atoms with Crippen LogP contribution in [0.25, 0.3) is 0 Å². The molecule has 0 bridgehead atoms. The van der Waals surface area contributed by atoms with Gasteiger partial charge in [0.15, 0.2) is 0 Å². The molecule has 0 fully saturated rings. The van der Waals surface area contributed by atoms with Gasteiger partial charge in [-0.1, -0.05) is 78.9 Å². The Morgan fingerprint density at radius 1 is 0.730 bits per heavy atom. The Bertz CT molecular complexity index is 1320. The summed E-state index contributed by atoms with van der Waals surface area (Å²) in [5, 5.41) is 6.63. The zero-order valence-corrected chi connectivity index (χ0v) is 19.9. The average molecular weight is 492 g/mol. The molecule has 0 radical (unpaired) electrons. The van der Waals surface area contributed by atoms with E-state index in [9.17, 15) is 14.4 Å². The van der Waals surface area contributed by atoms with Crippen LogP contribution in [0.1, 0.15) is 33.0 Å². The second-order valence-corrected chi connectivity index (χ2v) is 8.09. The number of amides is 2. The quantitative estimate of drug-likeness (QED) is 0.158. The van der Waals surface area contributed by atoms with Crippen LogP contribution in [-0.2, 0) is 9.59 Å². The molecule has 4 rings (SSSR count). The number of carbonyl (C=O) groups excluding carboxylic acids is 3. The molecule has 0 aliphatic carbocycles. The second kappa shape index (κ2) is 12.6. The molecule has 2 amide bonds. The topological polar surface area (TPSA) is 96.9 Å². The van der Waals surface area contributed by atoms with Gasteiger partial charge < -0.3 is 10.1 Å². The molecule has 0 aliphatic rings. The maximum absolute atomic E-state index is 13.0. The highest BCUT2D eigenvalue weighted by atomic mass is 16.5. The molecule has 0 heterocycles. The molecule has 0 aromatic heterocycles. The Hall–Kier alpha value is -5.04. The van der Waals surface area contributed by atoms with E-state index in [2.05, 4.69) is 15.8 Å². The number of rotatable bonds is 9. The van der Waals surface area contributed by atoms with Crippen LogP contribution in [0.15, 0.2) is 120 Å². The minimum atomic E-state index is -0.534. The standard InChI is InChI=1S/C30H25N3O4/c34-27(21-31-29(35)28(23-10-4-1-5-11-23)24-12-6-2-7-13-24)33-32-20-22-16-18-26(19-17-22)37-30(36)25-14-8-3-9-15-25/h1-20,28H,21H2,(H,31,35)(H,33,34)/b32-20-. The highest BCUT2D eigenvalue weighted by Crippen LogP contribution is 2.24. The average Bonchev–Trinajstić information content (AvgIpc) is 2.95. The molecule has 7 heteroatoms. The molecule has 0 aliphatic heterocycles. The Morgan fingerprint density at radius 3 is 1.84 bits per heavy atom. The van der Waals surface area contributed by atoms with Gasteiger partial charge in [-0.05, 0) is 53.1 Å². The second-order valence-electron chi connectivity index (χ2n) is 8.09. The molecule has 37 heavy (non-hydrogen) atoms. The summed E-state index contributed by atoms with van der Waals surface area (Å²) < 4.78 is 5.34. The first-order valence-electron chi connectivity index (χ1n) is 11.7. The molecular weight excluding hydrogens is 466 g/mol. The Morgan fingerprint density at radius 2 is 1.27 bits per heavy atom. The molecule has 0 unspecified atom stereocenters. The van der Waals surface area contributed by atoms with Crippen LogP contribution in [0.3, 0.4) is 0 Å². The lowest BCUT2D eigenvalue weighted by molar-refractivity contribution is -0.126.